The van der Waals surface area contributed by atoms with E-state index in [-0.39, 0.29) is 47.8 Å². The minimum Gasteiger partial charge on any atom is -0.493 e. The normalized spacial score (nSPS) is 27.7. The van der Waals surface area contributed by atoms with Gasteiger partial charge in [0.15, 0.2) is 5.69 Å². The molecule has 0 bridgehead atoms. The minimum absolute atomic E-state index is 0.00177. The molecule has 1 aromatic carbocycles. The van der Waals surface area contributed by atoms with E-state index in [4.69, 9.17) is 14.6 Å². The zero-order valence-corrected chi connectivity index (χ0v) is 17.6. The van der Waals surface area contributed by atoms with E-state index in [2.05, 4.69) is 9.72 Å². The number of carbonyl (C=O) groups is 1. The van der Waals surface area contributed by atoms with Crippen molar-refractivity contribution < 1.29 is 42.4 Å². The van der Waals surface area contributed by atoms with E-state index in [1.54, 1.807) is 6.07 Å². The second-order valence-corrected chi connectivity index (χ2v) is 8.80. The monoisotopic (exact) mass is 473 g/mol. The first-order valence-electron chi connectivity index (χ1n) is 10.2. The summed E-state index contributed by atoms with van der Waals surface area (Å²) in [6.07, 6.45) is -3.31. The van der Waals surface area contributed by atoms with E-state index in [1.807, 2.05) is 0 Å². The van der Waals surface area contributed by atoms with Crippen molar-refractivity contribution >= 4 is 17.3 Å². The van der Waals surface area contributed by atoms with Crippen LogP contribution in [0.5, 0.6) is 11.5 Å². The molecule has 1 aliphatic heterocycles. The molecule has 0 radical (unpaired) electrons. The largest absolute Gasteiger partial charge is 0.573 e. The maximum absolute atomic E-state index is 12.4. The summed E-state index contributed by atoms with van der Waals surface area (Å²) in [5, 5.41) is 21.7. The summed E-state index contributed by atoms with van der Waals surface area (Å²) in [6.45, 7) is 0.234. The van der Waals surface area contributed by atoms with Gasteiger partial charge in [0.2, 0.25) is 0 Å². The van der Waals surface area contributed by atoms with Crippen LogP contribution in [-0.4, -0.2) is 46.3 Å². The lowest BCUT2D eigenvalue weighted by Gasteiger charge is -2.34. The van der Waals surface area contributed by atoms with Crippen LogP contribution in [0.1, 0.15) is 47.3 Å². The molecule has 0 unspecified atom stereocenters. The van der Waals surface area contributed by atoms with Crippen LogP contribution in [0, 0.1) is 11.8 Å². The molecule has 2 aliphatic rings. The lowest BCUT2D eigenvalue weighted by atomic mass is 9.85. The SMILES string of the molecule is O=C(O)c1csc([C@H]2CC[C@@H]3[C@@H](CCOc4cccc(OC(F)(F)F)c4)[C@H](O)C[C@@H]3O2)n1. The van der Waals surface area contributed by atoms with Crippen LogP contribution in [0.4, 0.5) is 13.2 Å². The molecular formula is C21H22F3NO6S. The van der Waals surface area contributed by atoms with Gasteiger partial charge in [-0.25, -0.2) is 9.78 Å². The van der Waals surface area contributed by atoms with Crippen LogP contribution in [0.15, 0.2) is 29.6 Å². The molecule has 0 amide bonds. The van der Waals surface area contributed by atoms with E-state index < -0.39 is 18.4 Å². The average molecular weight is 473 g/mol. The van der Waals surface area contributed by atoms with Gasteiger partial charge in [0.05, 0.1) is 18.8 Å². The number of aliphatic hydroxyl groups excluding tert-OH is 1. The van der Waals surface area contributed by atoms with Crippen LogP contribution in [0.25, 0.3) is 0 Å². The summed E-state index contributed by atoms with van der Waals surface area (Å²) >= 11 is 1.26. The van der Waals surface area contributed by atoms with Crippen molar-refractivity contribution in [2.24, 2.45) is 11.8 Å². The molecule has 1 saturated carbocycles. The van der Waals surface area contributed by atoms with Crippen molar-refractivity contribution in [3.8, 4) is 11.5 Å². The van der Waals surface area contributed by atoms with Crippen LogP contribution in [0.3, 0.4) is 0 Å². The van der Waals surface area contributed by atoms with Crippen molar-refractivity contribution in [3.05, 3.63) is 40.3 Å². The number of alkyl halides is 3. The summed E-state index contributed by atoms with van der Waals surface area (Å²) < 4.78 is 52.8. The van der Waals surface area contributed by atoms with Gasteiger partial charge in [0, 0.05) is 17.9 Å². The van der Waals surface area contributed by atoms with E-state index in [0.29, 0.717) is 24.3 Å². The third-order valence-corrected chi connectivity index (χ3v) is 6.81. The molecule has 5 atom stereocenters. The molecule has 0 spiro atoms. The first kappa shape index (κ1) is 22.8. The number of carboxylic acids is 1. The molecule has 1 aromatic heterocycles. The first-order chi connectivity index (χ1) is 15.2. The van der Waals surface area contributed by atoms with Crippen molar-refractivity contribution in [1.82, 2.24) is 4.98 Å². The van der Waals surface area contributed by atoms with E-state index in [9.17, 15) is 23.1 Å². The highest BCUT2D eigenvalue weighted by Crippen LogP contribution is 2.47. The van der Waals surface area contributed by atoms with Crippen molar-refractivity contribution in [1.29, 1.82) is 0 Å². The Morgan fingerprint density at radius 2 is 2.06 bits per heavy atom. The fourth-order valence-corrected chi connectivity index (χ4v) is 5.39. The van der Waals surface area contributed by atoms with Gasteiger partial charge in [0.1, 0.15) is 22.6 Å². The van der Waals surface area contributed by atoms with Crippen molar-refractivity contribution in [3.63, 3.8) is 0 Å². The number of carboxylic acid groups (broad SMARTS) is 1. The zero-order valence-electron chi connectivity index (χ0n) is 16.8. The molecule has 4 rings (SSSR count). The highest BCUT2D eigenvalue weighted by molar-refractivity contribution is 7.09. The summed E-state index contributed by atoms with van der Waals surface area (Å²) in [5.41, 5.74) is 0.00177. The molecule has 1 saturated heterocycles. The van der Waals surface area contributed by atoms with Gasteiger partial charge in [0.25, 0.3) is 0 Å². The number of halogens is 3. The van der Waals surface area contributed by atoms with Gasteiger partial charge < -0.3 is 24.4 Å². The number of hydrogen-bond acceptors (Lipinski definition) is 7. The van der Waals surface area contributed by atoms with Crippen LogP contribution in [-0.2, 0) is 4.74 Å². The lowest BCUT2D eigenvalue weighted by Crippen LogP contribution is -2.31. The molecule has 2 N–H and O–H groups in total. The fraction of sp³-hybridized carbons (Fsp3) is 0.524. The number of rotatable bonds is 7. The third kappa shape index (κ3) is 5.33. The van der Waals surface area contributed by atoms with Gasteiger partial charge in [-0.15, -0.1) is 24.5 Å². The second-order valence-electron chi connectivity index (χ2n) is 7.91. The van der Waals surface area contributed by atoms with Crippen molar-refractivity contribution in [2.45, 2.75) is 50.4 Å². The lowest BCUT2D eigenvalue weighted by molar-refractivity contribution is -0.274. The van der Waals surface area contributed by atoms with Crippen molar-refractivity contribution in [2.75, 3.05) is 6.61 Å². The average Bonchev–Trinajstić information content (AvgIpc) is 3.32. The van der Waals surface area contributed by atoms with Gasteiger partial charge in [-0.2, -0.15) is 0 Å². The highest BCUT2D eigenvalue weighted by atomic mass is 32.1. The van der Waals surface area contributed by atoms with E-state index in [1.165, 1.54) is 34.9 Å². The molecule has 174 valence electrons. The first-order valence-corrected chi connectivity index (χ1v) is 11.1. The zero-order chi connectivity index (χ0) is 22.9. The maximum Gasteiger partial charge on any atom is 0.573 e. The summed E-state index contributed by atoms with van der Waals surface area (Å²) in [7, 11) is 0. The van der Waals surface area contributed by atoms with Gasteiger partial charge in [-0.05, 0) is 43.2 Å². The second kappa shape index (κ2) is 9.24. The molecule has 2 heterocycles. The number of nitrogens with zero attached hydrogens (tertiary/aromatic N) is 1. The van der Waals surface area contributed by atoms with Gasteiger partial charge in [-0.3, -0.25) is 0 Å². The summed E-state index contributed by atoms with van der Waals surface area (Å²) in [6, 6.07) is 5.34. The quantitative estimate of drug-likeness (QED) is 0.614. The number of hydrogen-bond donors (Lipinski definition) is 2. The molecular weight excluding hydrogens is 451 g/mol. The Morgan fingerprint density at radius 1 is 1.28 bits per heavy atom. The molecule has 11 heteroatoms. The number of thiazole rings is 1. The molecule has 1 aliphatic carbocycles. The smallest absolute Gasteiger partial charge is 0.493 e. The van der Waals surface area contributed by atoms with Crippen LogP contribution < -0.4 is 9.47 Å². The predicted octanol–water partition coefficient (Wildman–Crippen LogP) is 4.43. The van der Waals surface area contributed by atoms with Gasteiger partial charge >= 0.3 is 12.3 Å². The Hall–Kier alpha value is -2.37. The number of benzene rings is 1. The molecule has 2 aromatic rings. The Bertz CT molecular complexity index is 952. The Morgan fingerprint density at radius 3 is 2.78 bits per heavy atom. The van der Waals surface area contributed by atoms with Crippen LogP contribution in [0.2, 0.25) is 0 Å². The summed E-state index contributed by atoms with van der Waals surface area (Å²) in [5.74, 6) is -1.09. The Balaban J connectivity index is 1.31. The number of aromatic nitrogens is 1. The number of aliphatic hydroxyl groups is 1. The summed E-state index contributed by atoms with van der Waals surface area (Å²) in [4.78, 5) is 15.2. The van der Waals surface area contributed by atoms with E-state index >= 15 is 0 Å². The van der Waals surface area contributed by atoms with Gasteiger partial charge in [-0.1, -0.05) is 6.07 Å². The topological polar surface area (TPSA) is 98.1 Å². The minimum atomic E-state index is -4.77. The number of fused-ring (bicyclic) bond motifs is 1. The third-order valence-electron chi connectivity index (χ3n) is 5.87. The molecule has 32 heavy (non-hydrogen) atoms. The maximum atomic E-state index is 12.4. The van der Waals surface area contributed by atoms with E-state index in [0.717, 1.165) is 6.42 Å². The highest BCUT2D eigenvalue weighted by Gasteiger charge is 2.46. The Kier molecular flexibility index (Phi) is 6.59. The number of aromatic carboxylic acids is 1. The molecule has 2 fully saturated rings. The standard InChI is InChI=1S/C21H22F3NO6S/c22-21(23,24)31-12-3-1-2-11(8-12)29-7-6-13-14-4-5-17(30-18(14)9-16(13)26)19-25-15(10-32-19)20(27)28/h1-3,8,10,13-14,16-18,26H,4-7,9H2,(H,27,28)/t13-,14-,16-,17-,18+/m1/s1. The Labute approximate surface area is 185 Å². The fourth-order valence-electron chi connectivity index (χ4n) is 4.52. The van der Waals surface area contributed by atoms with Crippen LogP contribution >= 0.6 is 11.3 Å². The predicted molar refractivity (Wildman–Crippen MR) is 107 cm³/mol. The molecule has 7 nitrogen and oxygen atoms in total. The number of ether oxygens (including phenoxy) is 3.